The zero-order valence-electron chi connectivity index (χ0n) is 6.02. The van der Waals surface area contributed by atoms with Crippen LogP contribution in [-0.4, -0.2) is 4.98 Å². The van der Waals surface area contributed by atoms with Gasteiger partial charge in [0.15, 0.2) is 5.49 Å². The van der Waals surface area contributed by atoms with E-state index in [0.717, 1.165) is 22.0 Å². The van der Waals surface area contributed by atoms with Crippen LogP contribution in [-0.2, 0) is 0 Å². The zero-order chi connectivity index (χ0) is 7.97. The van der Waals surface area contributed by atoms with Gasteiger partial charge in [-0.05, 0) is 6.08 Å². The van der Waals surface area contributed by atoms with Gasteiger partial charge in [0, 0.05) is 18.0 Å². The first-order valence-electron chi connectivity index (χ1n) is 3.52. The van der Waals surface area contributed by atoms with Crippen LogP contribution in [0.5, 0.6) is 0 Å². The highest BCUT2D eigenvalue weighted by atomic mass is 15.1. The van der Waals surface area contributed by atoms with Crippen LogP contribution in [0.2, 0.25) is 0 Å². The van der Waals surface area contributed by atoms with Crippen LogP contribution in [0, 0.1) is 0 Å². The number of aromatic nitrogens is 1. The molecule has 1 radical (unpaired) electrons. The number of hydrogen-bond acceptors (Lipinski definition) is 4. The molecule has 12 heavy (non-hydrogen) atoms. The maximum absolute atomic E-state index is 4.12. The van der Waals surface area contributed by atoms with E-state index in [4.69, 9.17) is 0 Å². The lowest BCUT2D eigenvalue weighted by molar-refractivity contribution is 1.14. The van der Waals surface area contributed by atoms with Crippen LogP contribution < -0.4 is 10.7 Å². The molecule has 4 nitrogen and oxygen atoms in total. The number of pyridine rings is 1. The van der Waals surface area contributed by atoms with Crippen molar-refractivity contribution in [3.63, 3.8) is 0 Å². The van der Waals surface area contributed by atoms with E-state index in [0.29, 0.717) is 0 Å². The van der Waals surface area contributed by atoms with Gasteiger partial charge in [-0.15, -0.1) is 10.2 Å². The first-order valence-corrected chi connectivity index (χ1v) is 3.52. The van der Waals surface area contributed by atoms with E-state index in [9.17, 15) is 0 Å². The molecule has 0 atom stereocenters. The summed E-state index contributed by atoms with van der Waals surface area (Å²) in [5.41, 5.74) is 2.50. The van der Waals surface area contributed by atoms with E-state index in [1.54, 1.807) is 12.4 Å². The van der Waals surface area contributed by atoms with Crippen LogP contribution in [0.3, 0.4) is 0 Å². The predicted octanol–water partition coefficient (Wildman–Crippen LogP) is 0.398. The molecule has 0 unspecified atom stereocenters. The molecular formula is C8H3N4. The van der Waals surface area contributed by atoms with Crippen molar-refractivity contribution in [1.29, 1.82) is 0 Å². The third-order valence-corrected chi connectivity index (χ3v) is 1.83. The molecule has 4 heteroatoms. The Bertz CT molecular complexity index is 476. The topological polar surface area (TPSA) is 50.0 Å². The summed E-state index contributed by atoms with van der Waals surface area (Å²) >= 11 is 0. The van der Waals surface area contributed by atoms with Gasteiger partial charge >= 0.3 is 0 Å². The Balaban J connectivity index is 2.57. The lowest BCUT2D eigenvalue weighted by atomic mass is 10.2. The maximum atomic E-state index is 4.12. The minimum absolute atomic E-state index is 0.719. The van der Waals surface area contributed by atoms with Gasteiger partial charge in [0.05, 0.1) is 5.22 Å². The van der Waals surface area contributed by atoms with Crippen LogP contribution in [0.1, 0.15) is 5.56 Å². The fraction of sp³-hybridized carbons (Fsp3) is 0. The fourth-order valence-electron chi connectivity index (χ4n) is 1.26. The van der Waals surface area contributed by atoms with E-state index in [1.807, 2.05) is 6.08 Å². The molecule has 0 saturated carbocycles. The molecule has 0 amide bonds. The molecule has 0 N–H and O–H groups in total. The number of hydrogen-bond donors (Lipinski definition) is 0. The largest absolute Gasteiger partial charge is 0.237 e. The van der Waals surface area contributed by atoms with Gasteiger partial charge in [0.1, 0.15) is 11.9 Å². The van der Waals surface area contributed by atoms with Crippen LogP contribution in [0.15, 0.2) is 27.6 Å². The average Bonchev–Trinajstić information content (AvgIpc) is 2.71. The molecule has 0 saturated heterocycles. The summed E-state index contributed by atoms with van der Waals surface area (Å²) < 4.78 is 0. The molecule has 0 spiro atoms. The van der Waals surface area contributed by atoms with Gasteiger partial charge in [-0.3, -0.25) is 0 Å². The average molecular weight is 155 g/mol. The third-order valence-electron chi connectivity index (χ3n) is 1.83. The SMILES string of the molecule is [C]1=c2cnc3c(c2N=N1)C=CN=3. The van der Waals surface area contributed by atoms with Gasteiger partial charge in [-0.2, -0.15) is 0 Å². The second kappa shape index (κ2) is 1.85. The van der Waals surface area contributed by atoms with Gasteiger partial charge in [-0.25, -0.2) is 9.98 Å². The lowest BCUT2D eigenvalue weighted by Crippen LogP contribution is -2.14. The van der Waals surface area contributed by atoms with Crippen LogP contribution in [0.25, 0.3) is 12.3 Å². The third kappa shape index (κ3) is 0.567. The first kappa shape index (κ1) is 5.77. The molecule has 0 aromatic carbocycles. The highest BCUT2D eigenvalue weighted by Crippen LogP contribution is 2.17. The van der Waals surface area contributed by atoms with Crippen molar-refractivity contribution in [2.24, 2.45) is 15.2 Å². The second-order valence-electron chi connectivity index (χ2n) is 2.51. The number of fused-ring (bicyclic) bond motifs is 3. The molecule has 3 heterocycles. The highest BCUT2D eigenvalue weighted by Gasteiger charge is 2.10. The smallest absolute Gasteiger partial charge is 0.161 e. The van der Waals surface area contributed by atoms with Crippen molar-refractivity contribution in [3.05, 3.63) is 28.7 Å². The van der Waals surface area contributed by atoms with Crippen molar-refractivity contribution in [2.75, 3.05) is 0 Å². The Labute approximate surface area is 67.7 Å². The summed E-state index contributed by atoms with van der Waals surface area (Å²) in [6.45, 7) is 0. The fourth-order valence-corrected chi connectivity index (χ4v) is 1.26. The Hall–Kier alpha value is -1.84. The van der Waals surface area contributed by atoms with Gasteiger partial charge in [-0.1, -0.05) is 0 Å². The molecule has 0 fully saturated rings. The zero-order valence-corrected chi connectivity index (χ0v) is 6.02. The Morgan fingerprint density at radius 3 is 3.33 bits per heavy atom. The lowest BCUT2D eigenvalue weighted by Gasteiger charge is -1.91. The highest BCUT2D eigenvalue weighted by molar-refractivity contribution is 5.66. The van der Waals surface area contributed by atoms with Crippen molar-refractivity contribution in [3.8, 4) is 0 Å². The molecular weight excluding hydrogens is 152 g/mol. The molecule has 3 rings (SSSR count). The summed E-state index contributed by atoms with van der Waals surface area (Å²) in [6.07, 6.45) is 8.03. The van der Waals surface area contributed by atoms with Gasteiger partial charge in [0.25, 0.3) is 0 Å². The molecule has 1 aromatic heterocycles. The Morgan fingerprint density at radius 2 is 2.33 bits per heavy atom. The Morgan fingerprint density at radius 1 is 1.33 bits per heavy atom. The standard InChI is InChI=1S/C8H3N4/c1-2-9-8-6(1)7-5(3-10-8)4-11-12-7/h1-3H. The minimum atomic E-state index is 0.719. The summed E-state index contributed by atoms with van der Waals surface area (Å²) in [5, 5.41) is 8.46. The quantitative estimate of drug-likeness (QED) is 0.535. The van der Waals surface area contributed by atoms with Gasteiger partial charge in [0.2, 0.25) is 0 Å². The van der Waals surface area contributed by atoms with Crippen molar-refractivity contribution < 1.29 is 0 Å². The second-order valence-corrected chi connectivity index (χ2v) is 2.51. The molecule has 0 bridgehead atoms. The minimum Gasteiger partial charge on any atom is -0.237 e. The molecule has 2 aliphatic rings. The van der Waals surface area contributed by atoms with Crippen molar-refractivity contribution in [2.45, 2.75) is 0 Å². The number of nitrogens with zero attached hydrogens (tertiary/aromatic N) is 4. The molecule has 0 aliphatic carbocycles. The van der Waals surface area contributed by atoms with Crippen molar-refractivity contribution in [1.82, 2.24) is 4.98 Å². The monoisotopic (exact) mass is 155 g/mol. The van der Waals surface area contributed by atoms with E-state index >= 15 is 0 Å². The van der Waals surface area contributed by atoms with E-state index in [-0.39, 0.29) is 0 Å². The molecule has 2 aliphatic heterocycles. The van der Waals surface area contributed by atoms with E-state index < -0.39 is 0 Å². The van der Waals surface area contributed by atoms with Gasteiger partial charge < -0.3 is 0 Å². The predicted molar refractivity (Wildman–Crippen MR) is 42.0 cm³/mol. The van der Waals surface area contributed by atoms with Crippen LogP contribution >= 0.6 is 0 Å². The molecule has 1 aromatic rings. The van der Waals surface area contributed by atoms with E-state index in [2.05, 4.69) is 26.4 Å². The van der Waals surface area contributed by atoms with Crippen LogP contribution in [0.4, 0.5) is 5.69 Å². The van der Waals surface area contributed by atoms with E-state index in [1.165, 1.54) is 0 Å². The Kier molecular flexibility index (Phi) is 0.889. The number of azo groups is 1. The summed E-state index contributed by atoms with van der Waals surface area (Å²) in [6, 6.07) is 0. The van der Waals surface area contributed by atoms with Crippen molar-refractivity contribution >= 4 is 18.0 Å². The molecule has 55 valence electrons. The first-order chi connectivity index (χ1) is 5.95. The number of rotatable bonds is 0. The summed E-state index contributed by atoms with van der Waals surface area (Å²) in [4.78, 5) is 8.17. The maximum Gasteiger partial charge on any atom is 0.161 e. The summed E-state index contributed by atoms with van der Waals surface area (Å²) in [5.74, 6) is 0. The summed E-state index contributed by atoms with van der Waals surface area (Å²) in [7, 11) is 0. The normalized spacial score (nSPS) is 15.3.